The summed E-state index contributed by atoms with van der Waals surface area (Å²) >= 11 is 0. The molecule has 0 unspecified atom stereocenters. The fourth-order valence-corrected chi connectivity index (χ4v) is 5.55. The molecular weight excluding hydrogens is 583 g/mol. The van der Waals surface area contributed by atoms with Gasteiger partial charge in [-0.15, -0.1) is 0 Å². The van der Waals surface area contributed by atoms with E-state index in [1.807, 2.05) is 91.5 Å². The van der Waals surface area contributed by atoms with Crippen LogP contribution in [0.5, 0.6) is 0 Å². The molecule has 1 saturated heterocycles. The van der Waals surface area contributed by atoms with Gasteiger partial charge in [-0.3, -0.25) is 9.79 Å². The van der Waals surface area contributed by atoms with Gasteiger partial charge in [0.2, 0.25) is 5.91 Å². The van der Waals surface area contributed by atoms with Crippen LogP contribution < -0.4 is 0 Å². The smallest absolute Gasteiger partial charge is 0.225 e. The maximum Gasteiger partial charge on any atom is 0.225 e. The normalized spacial score (nSPS) is 16.6. The molecule has 0 bridgehead atoms. The standard InChI is InChI=1S/C37H49FN4O.2C2H6/c1-10-16-30(24-39)23-31(17-11-2)27(7)22-35(40-13-4)36(32(12-3)33-18-14-15-19-34(33)38)29(9)42-21-20-41(25-28(42)8)37(43)26(5)6;2*1-2/h10,12,14-19,23,26,28H,7,11,13,20-22,25H2,1-6,8-9H3;2*1-2H3/b16-10+,30-23+,31-17+,32-12-,36-29+,40-35?;;/t28-;;/m0../s1. The Kier molecular flexibility index (Phi) is 21.4. The molecule has 0 N–H and O–H groups in total. The minimum atomic E-state index is -0.296. The van der Waals surface area contributed by atoms with Gasteiger partial charge in [0.1, 0.15) is 5.82 Å². The van der Waals surface area contributed by atoms with Crippen molar-refractivity contribution in [3.05, 3.63) is 101 Å². The number of halogens is 1. The summed E-state index contributed by atoms with van der Waals surface area (Å²) in [5.41, 5.74) is 6.23. The van der Waals surface area contributed by atoms with Gasteiger partial charge in [0.15, 0.2) is 0 Å². The van der Waals surface area contributed by atoms with Crippen LogP contribution in [0.2, 0.25) is 0 Å². The third-order valence-corrected chi connectivity index (χ3v) is 7.58. The number of amides is 1. The summed E-state index contributed by atoms with van der Waals surface area (Å²) in [6.45, 7) is 30.8. The second kappa shape index (κ2) is 23.4. The fraction of sp³-hybridized carbons (Fsp3) is 0.488. The van der Waals surface area contributed by atoms with Crippen LogP contribution in [0.15, 0.2) is 94.2 Å². The Morgan fingerprint density at radius 3 is 2.28 bits per heavy atom. The summed E-state index contributed by atoms with van der Waals surface area (Å²) in [7, 11) is 0. The van der Waals surface area contributed by atoms with Gasteiger partial charge in [0, 0.05) is 67.1 Å². The highest BCUT2D eigenvalue weighted by atomic mass is 19.1. The molecule has 1 aliphatic rings. The van der Waals surface area contributed by atoms with E-state index in [-0.39, 0.29) is 23.7 Å². The van der Waals surface area contributed by atoms with Gasteiger partial charge in [-0.25, -0.2) is 4.39 Å². The van der Waals surface area contributed by atoms with Crippen LogP contribution in [0, 0.1) is 23.1 Å². The van der Waals surface area contributed by atoms with E-state index in [1.165, 1.54) is 6.07 Å². The molecule has 1 heterocycles. The van der Waals surface area contributed by atoms with Crippen molar-refractivity contribution in [2.75, 3.05) is 26.2 Å². The Hall–Kier alpha value is -3.98. The second-order valence-electron chi connectivity index (χ2n) is 11.1. The van der Waals surface area contributed by atoms with E-state index in [1.54, 1.807) is 18.2 Å². The van der Waals surface area contributed by atoms with Crippen molar-refractivity contribution in [1.82, 2.24) is 9.80 Å². The summed E-state index contributed by atoms with van der Waals surface area (Å²) in [5.74, 6) is -0.184. The van der Waals surface area contributed by atoms with Crippen molar-refractivity contribution in [3.8, 4) is 6.07 Å². The van der Waals surface area contributed by atoms with Crippen molar-refractivity contribution < 1.29 is 9.18 Å². The van der Waals surface area contributed by atoms with Gasteiger partial charge in [-0.2, -0.15) is 5.26 Å². The number of carbonyl (C=O) groups is 1. The third-order valence-electron chi connectivity index (χ3n) is 7.58. The van der Waals surface area contributed by atoms with Crippen LogP contribution >= 0.6 is 0 Å². The lowest BCUT2D eigenvalue weighted by Crippen LogP contribution is -2.54. The quantitative estimate of drug-likeness (QED) is 0.129. The molecule has 1 atom stereocenters. The molecule has 0 saturated carbocycles. The van der Waals surface area contributed by atoms with E-state index in [0.29, 0.717) is 43.7 Å². The Labute approximate surface area is 286 Å². The van der Waals surface area contributed by atoms with E-state index in [4.69, 9.17) is 4.99 Å². The molecule has 0 aliphatic carbocycles. The van der Waals surface area contributed by atoms with E-state index in [2.05, 4.69) is 44.4 Å². The average Bonchev–Trinajstić information content (AvgIpc) is 3.07. The Morgan fingerprint density at radius 1 is 1.15 bits per heavy atom. The highest BCUT2D eigenvalue weighted by Gasteiger charge is 2.31. The molecule has 0 aromatic heterocycles. The van der Waals surface area contributed by atoms with E-state index < -0.39 is 0 Å². The highest BCUT2D eigenvalue weighted by Crippen LogP contribution is 2.34. The lowest BCUT2D eigenvalue weighted by atomic mass is 9.87. The van der Waals surface area contributed by atoms with Crippen LogP contribution in [-0.2, 0) is 4.79 Å². The van der Waals surface area contributed by atoms with Crippen molar-refractivity contribution in [2.45, 2.75) is 102 Å². The van der Waals surface area contributed by atoms with Gasteiger partial charge in [0.05, 0.1) is 11.6 Å². The zero-order valence-corrected chi connectivity index (χ0v) is 31.4. The van der Waals surface area contributed by atoms with Gasteiger partial charge in [0.25, 0.3) is 0 Å². The highest BCUT2D eigenvalue weighted by molar-refractivity contribution is 6.15. The number of rotatable bonds is 12. The van der Waals surface area contributed by atoms with Gasteiger partial charge in [-0.05, 0) is 76.0 Å². The summed E-state index contributed by atoms with van der Waals surface area (Å²) in [6, 6.07) is 9.15. The van der Waals surface area contributed by atoms with E-state index >= 15 is 4.39 Å². The van der Waals surface area contributed by atoms with Gasteiger partial charge < -0.3 is 9.80 Å². The lowest BCUT2D eigenvalue weighted by Gasteiger charge is -2.43. The molecule has 1 aromatic carbocycles. The predicted molar refractivity (Wildman–Crippen MR) is 202 cm³/mol. The maximum absolute atomic E-state index is 15.3. The molecular formula is C41H61FN4O. The molecule has 6 heteroatoms. The lowest BCUT2D eigenvalue weighted by molar-refractivity contribution is -0.136. The molecule has 2 rings (SSSR count). The Bertz CT molecular complexity index is 1380. The first-order valence-corrected chi connectivity index (χ1v) is 17.4. The van der Waals surface area contributed by atoms with Crippen molar-refractivity contribution in [2.24, 2.45) is 10.9 Å². The molecule has 0 radical (unpaired) electrons. The molecule has 5 nitrogen and oxygen atoms in total. The number of hydrogen-bond donors (Lipinski definition) is 0. The summed E-state index contributed by atoms with van der Waals surface area (Å²) in [4.78, 5) is 22.0. The molecule has 258 valence electrons. The molecule has 1 aliphatic heterocycles. The van der Waals surface area contributed by atoms with Gasteiger partial charge in [-0.1, -0.05) is 91.5 Å². The van der Waals surface area contributed by atoms with Crippen LogP contribution in [0.25, 0.3) is 5.57 Å². The first kappa shape index (κ1) is 43.0. The maximum atomic E-state index is 15.3. The second-order valence-corrected chi connectivity index (χ2v) is 11.1. The SMILES string of the molecule is C=C(CC(=NCC)C(/C(=C\C)c1ccccc1F)=C(\C)N1CCN(C(=O)C(C)C)C[C@@H]1C)C(/C=C(C#N)\C=C\C)=C/CC.CC.CC. The number of nitriles is 1. The van der Waals surface area contributed by atoms with Gasteiger partial charge >= 0.3 is 0 Å². The first-order chi connectivity index (χ1) is 22.5. The minimum absolute atomic E-state index is 0.0512. The number of allylic oxidation sites excluding steroid dienone is 11. The third kappa shape index (κ3) is 12.6. The summed E-state index contributed by atoms with van der Waals surface area (Å²) in [6.07, 6.45) is 10.7. The van der Waals surface area contributed by atoms with Crippen molar-refractivity contribution in [3.63, 3.8) is 0 Å². The van der Waals surface area contributed by atoms with Crippen molar-refractivity contribution in [1.29, 1.82) is 5.26 Å². The number of benzene rings is 1. The Morgan fingerprint density at radius 2 is 1.79 bits per heavy atom. The number of carbonyl (C=O) groups excluding carboxylic acids is 1. The minimum Gasteiger partial charge on any atom is -0.368 e. The van der Waals surface area contributed by atoms with Crippen LogP contribution in [0.1, 0.15) is 101 Å². The van der Waals surface area contributed by atoms with E-state index in [9.17, 15) is 10.1 Å². The molecule has 0 spiro atoms. The van der Waals surface area contributed by atoms with Crippen LogP contribution in [-0.4, -0.2) is 53.6 Å². The Balaban J connectivity index is 0.00000508. The first-order valence-electron chi connectivity index (χ1n) is 17.4. The zero-order chi connectivity index (χ0) is 36.1. The van der Waals surface area contributed by atoms with E-state index in [0.717, 1.165) is 40.1 Å². The van der Waals surface area contributed by atoms with Crippen LogP contribution in [0.4, 0.5) is 4.39 Å². The molecule has 47 heavy (non-hydrogen) atoms. The predicted octanol–water partition coefficient (Wildman–Crippen LogP) is 10.5. The average molecular weight is 645 g/mol. The number of nitrogens with zero attached hydrogens (tertiary/aromatic N) is 4. The summed E-state index contributed by atoms with van der Waals surface area (Å²) in [5, 5.41) is 9.66. The number of aliphatic imine (C=N–C) groups is 1. The monoisotopic (exact) mass is 644 g/mol. The molecule has 1 fully saturated rings. The number of hydrogen-bond acceptors (Lipinski definition) is 4. The zero-order valence-electron chi connectivity index (χ0n) is 31.4. The molecule has 1 aromatic rings. The fourth-order valence-electron chi connectivity index (χ4n) is 5.55. The molecule has 1 amide bonds. The topological polar surface area (TPSA) is 59.7 Å². The summed E-state index contributed by atoms with van der Waals surface area (Å²) < 4.78 is 15.3. The van der Waals surface area contributed by atoms with Crippen molar-refractivity contribution >= 4 is 17.2 Å². The number of piperazine rings is 1. The van der Waals surface area contributed by atoms with Crippen LogP contribution in [0.3, 0.4) is 0 Å². The largest absolute Gasteiger partial charge is 0.368 e.